The smallest absolute Gasteiger partial charge is 0.336 e. The number of para-hydroxylation sites is 1. The number of rotatable bonds is 6. The molecule has 3 N–H and O–H groups in total. The van der Waals surface area contributed by atoms with E-state index in [4.69, 9.17) is 5.11 Å². The predicted octanol–water partition coefficient (Wildman–Crippen LogP) is -0.353. The number of amides is 1. The monoisotopic (exact) mass is 270 g/mol. The van der Waals surface area contributed by atoms with Gasteiger partial charge in [0.05, 0.1) is 0 Å². The number of carboxylic acids is 1. The van der Waals surface area contributed by atoms with E-state index in [1.54, 1.807) is 18.2 Å². The Labute approximate surface area is 106 Å². The van der Waals surface area contributed by atoms with Gasteiger partial charge in [0.15, 0.2) is 6.10 Å². The van der Waals surface area contributed by atoms with Crippen LogP contribution in [0.25, 0.3) is 0 Å². The molecule has 1 aromatic carbocycles. The molecule has 19 heavy (non-hydrogen) atoms. The van der Waals surface area contributed by atoms with Crippen molar-refractivity contribution in [3.63, 3.8) is 0 Å². The maximum Gasteiger partial charge on any atom is 0.336 e. The van der Waals surface area contributed by atoms with Crippen LogP contribution in [0.5, 0.6) is 0 Å². The van der Waals surface area contributed by atoms with Gasteiger partial charge in [0.1, 0.15) is 0 Å². The molecular weight excluding hydrogens is 260 g/mol. The van der Waals surface area contributed by atoms with Crippen LogP contribution in [0.1, 0.15) is 0 Å². The molecule has 0 aromatic heterocycles. The van der Waals surface area contributed by atoms with Gasteiger partial charge in [0.25, 0.3) is 11.0 Å². The Hall–Kier alpha value is -2.68. The van der Waals surface area contributed by atoms with E-state index in [9.17, 15) is 24.8 Å². The minimum Gasteiger partial charge on any atom is -0.480 e. The van der Waals surface area contributed by atoms with Crippen LogP contribution in [0.3, 0.4) is 0 Å². The number of carbonyl (C=O) groups excluding carboxylic acids is 1. The number of anilines is 1. The molecule has 0 spiro atoms. The number of nitrogens with one attached hydrogen (secondary N) is 1. The van der Waals surface area contributed by atoms with E-state index >= 15 is 0 Å². The second kappa shape index (κ2) is 6.31. The molecule has 0 saturated heterocycles. The topological polar surface area (TPSA) is 139 Å². The molecule has 0 bridgehead atoms. The Kier molecular flexibility index (Phi) is 4.77. The molecule has 0 heterocycles. The molecule has 102 valence electrons. The molecule has 1 amide bonds. The summed E-state index contributed by atoms with van der Waals surface area (Å²) in [5, 5.41) is 29.0. The molecule has 9 nitrogen and oxygen atoms in total. The summed E-state index contributed by atoms with van der Waals surface area (Å²) in [5.41, 5.74) is 0.303. The van der Waals surface area contributed by atoms with E-state index in [1.807, 2.05) is 0 Å². The number of aliphatic carboxylic acids is 1. The first-order valence-corrected chi connectivity index (χ1v) is 4.99. The van der Waals surface area contributed by atoms with Crippen molar-refractivity contribution < 1.29 is 29.7 Å². The normalized spacial score (nSPS) is 13.1. The van der Waals surface area contributed by atoms with E-state index in [0.29, 0.717) is 5.69 Å². The average Bonchev–Trinajstić information content (AvgIpc) is 2.35. The minimum atomic E-state index is -2.29. The molecular formula is C10H10N2O7. The first-order valence-electron chi connectivity index (χ1n) is 4.99. The fourth-order valence-electron chi connectivity index (χ4n) is 1.21. The first kappa shape index (κ1) is 14.4. The van der Waals surface area contributed by atoms with Crippen molar-refractivity contribution in [2.75, 3.05) is 5.32 Å². The maximum atomic E-state index is 11.5. The van der Waals surface area contributed by atoms with Crippen LogP contribution >= 0.6 is 0 Å². The molecule has 1 aromatic rings. The molecule has 0 aliphatic heterocycles. The second-order valence-corrected chi connectivity index (χ2v) is 3.39. The summed E-state index contributed by atoms with van der Waals surface area (Å²) >= 11 is 0. The number of nitrogens with zero attached hydrogens (tertiary/aromatic N) is 1. The van der Waals surface area contributed by atoms with Gasteiger partial charge in [0.2, 0.25) is 6.10 Å². The van der Waals surface area contributed by atoms with E-state index in [2.05, 4.69) is 10.2 Å². The Morgan fingerprint density at radius 3 is 2.37 bits per heavy atom. The number of hydrogen-bond donors (Lipinski definition) is 3. The first-order chi connectivity index (χ1) is 8.91. The van der Waals surface area contributed by atoms with Crippen molar-refractivity contribution in [1.82, 2.24) is 0 Å². The van der Waals surface area contributed by atoms with Crippen LogP contribution < -0.4 is 5.32 Å². The van der Waals surface area contributed by atoms with Crippen LogP contribution in [-0.2, 0) is 14.4 Å². The summed E-state index contributed by atoms with van der Waals surface area (Å²) in [6.07, 6.45) is -4.51. The van der Waals surface area contributed by atoms with E-state index < -0.39 is 29.2 Å². The molecule has 0 aliphatic carbocycles. The van der Waals surface area contributed by atoms with Crippen molar-refractivity contribution in [3.8, 4) is 0 Å². The van der Waals surface area contributed by atoms with Crippen molar-refractivity contribution in [2.45, 2.75) is 12.2 Å². The van der Waals surface area contributed by atoms with Gasteiger partial charge in [-0.3, -0.25) is 9.63 Å². The zero-order chi connectivity index (χ0) is 14.4. The fraction of sp³-hybridized carbons (Fsp3) is 0.200. The molecule has 2 unspecified atom stereocenters. The summed E-state index contributed by atoms with van der Waals surface area (Å²) in [6.45, 7) is 0. The third-order valence-corrected chi connectivity index (χ3v) is 2.04. The number of benzene rings is 1. The average molecular weight is 270 g/mol. The highest BCUT2D eigenvalue weighted by Crippen LogP contribution is 2.08. The number of hydrogen-bond acceptors (Lipinski definition) is 6. The maximum absolute atomic E-state index is 11.5. The molecule has 0 aliphatic rings. The van der Waals surface area contributed by atoms with Gasteiger partial charge in [-0.2, -0.15) is 0 Å². The Morgan fingerprint density at radius 1 is 1.32 bits per heavy atom. The highest BCUT2D eigenvalue weighted by molar-refractivity contribution is 5.97. The largest absolute Gasteiger partial charge is 0.480 e. The van der Waals surface area contributed by atoms with Gasteiger partial charge >= 0.3 is 5.97 Å². The van der Waals surface area contributed by atoms with Gasteiger partial charge in [-0.15, -0.1) is 10.1 Å². The number of carbonyl (C=O) groups is 2. The van der Waals surface area contributed by atoms with Gasteiger partial charge < -0.3 is 15.5 Å². The van der Waals surface area contributed by atoms with Crippen molar-refractivity contribution in [3.05, 3.63) is 40.4 Å². The Morgan fingerprint density at radius 2 is 1.89 bits per heavy atom. The third kappa shape index (κ3) is 4.24. The summed E-state index contributed by atoms with van der Waals surface area (Å²) in [7, 11) is 0. The van der Waals surface area contributed by atoms with Gasteiger partial charge in [0, 0.05) is 5.69 Å². The summed E-state index contributed by atoms with van der Waals surface area (Å²) in [5.74, 6) is -2.95. The number of aliphatic hydroxyl groups excluding tert-OH is 1. The molecule has 1 rings (SSSR count). The van der Waals surface area contributed by atoms with Gasteiger partial charge in [-0.1, -0.05) is 18.2 Å². The van der Waals surface area contributed by atoms with Crippen molar-refractivity contribution in [1.29, 1.82) is 0 Å². The van der Waals surface area contributed by atoms with Crippen LogP contribution in [0.15, 0.2) is 30.3 Å². The summed E-state index contributed by atoms with van der Waals surface area (Å²) in [4.78, 5) is 36.0. The van der Waals surface area contributed by atoms with Crippen LogP contribution in [0, 0.1) is 10.1 Å². The zero-order valence-corrected chi connectivity index (χ0v) is 9.42. The highest BCUT2D eigenvalue weighted by atomic mass is 17.0. The molecule has 0 radical (unpaired) electrons. The van der Waals surface area contributed by atoms with Crippen molar-refractivity contribution in [2.24, 2.45) is 0 Å². The summed E-state index contributed by atoms with van der Waals surface area (Å²) in [6, 6.07) is 7.87. The lowest BCUT2D eigenvalue weighted by Crippen LogP contribution is -2.45. The molecule has 2 atom stereocenters. The standard InChI is InChI=1S/C10H10N2O7/c13-7(8(10(15)16)19-12(17)18)9(14)11-6-4-2-1-3-5-6/h1-5,7-8,13H,(H,11,14)(H,15,16). The lowest BCUT2D eigenvalue weighted by molar-refractivity contribution is -0.766. The highest BCUT2D eigenvalue weighted by Gasteiger charge is 2.35. The SMILES string of the molecule is O=C(Nc1ccccc1)C(O)C(O[N+](=O)[O-])C(=O)O. The Bertz CT molecular complexity index is 476. The van der Waals surface area contributed by atoms with E-state index in [0.717, 1.165) is 0 Å². The third-order valence-electron chi connectivity index (χ3n) is 2.04. The second-order valence-electron chi connectivity index (χ2n) is 3.39. The minimum absolute atomic E-state index is 0.303. The summed E-state index contributed by atoms with van der Waals surface area (Å²) < 4.78 is 0. The van der Waals surface area contributed by atoms with Crippen LogP contribution in [0.2, 0.25) is 0 Å². The predicted molar refractivity (Wildman–Crippen MR) is 60.6 cm³/mol. The fourth-order valence-corrected chi connectivity index (χ4v) is 1.21. The lowest BCUT2D eigenvalue weighted by Gasteiger charge is -2.16. The lowest BCUT2D eigenvalue weighted by atomic mass is 10.2. The van der Waals surface area contributed by atoms with Gasteiger partial charge in [-0.25, -0.2) is 4.79 Å². The zero-order valence-electron chi connectivity index (χ0n) is 9.42. The van der Waals surface area contributed by atoms with Crippen molar-refractivity contribution >= 4 is 17.6 Å². The quantitative estimate of drug-likeness (QED) is 0.474. The van der Waals surface area contributed by atoms with Gasteiger partial charge in [-0.05, 0) is 12.1 Å². The van der Waals surface area contributed by atoms with Crippen LogP contribution in [-0.4, -0.2) is 39.4 Å². The Balaban J connectivity index is 2.73. The molecule has 0 saturated carbocycles. The van der Waals surface area contributed by atoms with E-state index in [1.165, 1.54) is 12.1 Å². The number of aliphatic hydroxyl groups is 1. The number of carboxylic acid groups (broad SMARTS) is 1. The molecule has 9 heteroatoms. The van der Waals surface area contributed by atoms with E-state index in [-0.39, 0.29) is 0 Å². The van der Waals surface area contributed by atoms with Crippen LogP contribution in [0.4, 0.5) is 5.69 Å². The molecule has 0 fully saturated rings.